The first-order chi connectivity index (χ1) is 7.35. The van der Waals surface area contributed by atoms with Crippen molar-refractivity contribution in [3.63, 3.8) is 0 Å². The highest BCUT2D eigenvalue weighted by Gasteiger charge is 2.20. The molecule has 1 aromatic carbocycles. The average molecular weight is 290 g/mol. The Kier molecular flexibility index (Phi) is 4.33. The van der Waals surface area contributed by atoms with Gasteiger partial charge in [-0.25, -0.2) is 4.39 Å². The Hall–Kier alpha value is -0.610. The summed E-state index contributed by atoms with van der Waals surface area (Å²) in [5.74, 6) is -0.251. The highest BCUT2D eigenvalue weighted by Crippen LogP contribution is 2.26. The summed E-state index contributed by atoms with van der Waals surface area (Å²) in [6, 6.07) is 4.84. The molecule has 4 heteroatoms. The molecule has 0 heterocycles. The van der Waals surface area contributed by atoms with E-state index in [1.165, 1.54) is 6.07 Å². The molecule has 0 radical (unpaired) electrons. The number of hydrogen-bond donors (Lipinski definition) is 1. The number of aliphatic hydroxyl groups excluding tert-OH is 1. The fourth-order valence-corrected chi connectivity index (χ4v) is 1.90. The minimum absolute atomic E-state index is 0.0764. The first-order valence-electron chi connectivity index (χ1n) is 5.13. The molecular formula is C12H17BrFNO. The van der Waals surface area contributed by atoms with Crippen LogP contribution >= 0.6 is 15.9 Å². The zero-order valence-corrected chi connectivity index (χ0v) is 11.4. The van der Waals surface area contributed by atoms with Gasteiger partial charge in [-0.15, -0.1) is 0 Å². The van der Waals surface area contributed by atoms with Crippen LogP contribution in [0.2, 0.25) is 0 Å². The van der Waals surface area contributed by atoms with Gasteiger partial charge in [0.15, 0.2) is 0 Å². The van der Waals surface area contributed by atoms with Gasteiger partial charge in [-0.05, 0) is 18.2 Å². The van der Waals surface area contributed by atoms with Crippen LogP contribution in [0.25, 0.3) is 0 Å². The van der Waals surface area contributed by atoms with Gasteiger partial charge in [-0.3, -0.25) is 0 Å². The Bertz CT molecular complexity index is 368. The molecular weight excluding hydrogens is 273 g/mol. The number of benzene rings is 1. The van der Waals surface area contributed by atoms with E-state index in [2.05, 4.69) is 15.9 Å². The van der Waals surface area contributed by atoms with Crippen molar-refractivity contribution >= 4 is 21.6 Å². The number of rotatable bonds is 4. The van der Waals surface area contributed by atoms with Crippen molar-refractivity contribution in [1.29, 1.82) is 0 Å². The van der Waals surface area contributed by atoms with Gasteiger partial charge in [0.05, 0.1) is 5.69 Å². The molecule has 90 valence electrons. The van der Waals surface area contributed by atoms with E-state index in [0.29, 0.717) is 12.2 Å². The lowest BCUT2D eigenvalue weighted by Crippen LogP contribution is -2.34. The fourth-order valence-electron chi connectivity index (χ4n) is 1.56. The third-order valence-electron chi connectivity index (χ3n) is 2.41. The number of anilines is 1. The highest BCUT2D eigenvalue weighted by molar-refractivity contribution is 9.10. The van der Waals surface area contributed by atoms with Gasteiger partial charge in [-0.2, -0.15) is 0 Å². The molecule has 1 aromatic rings. The molecule has 1 N–H and O–H groups in total. The fraction of sp³-hybridized carbons (Fsp3) is 0.500. The van der Waals surface area contributed by atoms with E-state index >= 15 is 0 Å². The van der Waals surface area contributed by atoms with Crippen molar-refractivity contribution in [2.75, 3.05) is 25.1 Å². The Labute approximate surface area is 104 Å². The van der Waals surface area contributed by atoms with Crippen LogP contribution in [0.1, 0.15) is 13.8 Å². The van der Waals surface area contributed by atoms with Crippen LogP contribution < -0.4 is 4.90 Å². The first-order valence-corrected chi connectivity index (χ1v) is 5.92. The van der Waals surface area contributed by atoms with E-state index in [1.54, 1.807) is 12.1 Å². The minimum atomic E-state index is -0.251. The van der Waals surface area contributed by atoms with E-state index in [4.69, 9.17) is 0 Å². The van der Waals surface area contributed by atoms with E-state index in [9.17, 15) is 9.50 Å². The Morgan fingerprint density at radius 1 is 1.44 bits per heavy atom. The Balaban J connectivity index is 2.88. The molecule has 0 atom stereocenters. The SMILES string of the molecule is CN(CC(C)(C)CO)c1cc(Br)ccc1F. The second-order valence-electron chi connectivity index (χ2n) is 4.77. The third kappa shape index (κ3) is 3.46. The number of hydrogen-bond acceptors (Lipinski definition) is 2. The molecule has 1 rings (SSSR count). The molecule has 0 aliphatic carbocycles. The lowest BCUT2D eigenvalue weighted by molar-refractivity contribution is 0.165. The number of aliphatic hydroxyl groups is 1. The van der Waals surface area contributed by atoms with Crippen LogP contribution in [0.3, 0.4) is 0 Å². The van der Waals surface area contributed by atoms with Crippen molar-refractivity contribution in [1.82, 2.24) is 0 Å². The van der Waals surface area contributed by atoms with E-state index in [0.717, 1.165) is 4.47 Å². The zero-order chi connectivity index (χ0) is 12.3. The summed E-state index contributed by atoms with van der Waals surface area (Å²) < 4.78 is 14.4. The standard InChI is InChI=1S/C12H17BrFNO/c1-12(2,8-16)7-15(3)11-6-9(13)4-5-10(11)14/h4-6,16H,7-8H2,1-3H3. The summed E-state index contributed by atoms with van der Waals surface area (Å²) in [5.41, 5.74) is 0.291. The minimum Gasteiger partial charge on any atom is -0.396 e. The molecule has 0 amide bonds. The molecule has 2 nitrogen and oxygen atoms in total. The van der Waals surface area contributed by atoms with Crippen molar-refractivity contribution < 1.29 is 9.50 Å². The molecule has 0 spiro atoms. The van der Waals surface area contributed by atoms with Crippen LogP contribution in [0.4, 0.5) is 10.1 Å². The predicted molar refractivity (Wildman–Crippen MR) is 68.2 cm³/mol. The summed E-state index contributed by atoms with van der Waals surface area (Å²) >= 11 is 3.32. The molecule has 0 fully saturated rings. The normalized spacial score (nSPS) is 11.6. The van der Waals surface area contributed by atoms with Crippen LogP contribution in [-0.2, 0) is 0 Å². The van der Waals surface area contributed by atoms with E-state index < -0.39 is 0 Å². The summed E-state index contributed by atoms with van der Waals surface area (Å²) in [6.45, 7) is 4.56. The van der Waals surface area contributed by atoms with Crippen molar-refractivity contribution in [3.05, 3.63) is 28.5 Å². The monoisotopic (exact) mass is 289 g/mol. The maximum absolute atomic E-state index is 13.6. The molecule has 0 saturated carbocycles. The smallest absolute Gasteiger partial charge is 0.146 e. The van der Waals surface area contributed by atoms with Crippen LogP contribution in [-0.4, -0.2) is 25.3 Å². The first kappa shape index (κ1) is 13.5. The van der Waals surface area contributed by atoms with E-state index in [-0.39, 0.29) is 17.8 Å². The van der Waals surface area contributed by atoms with Gasteiger partial charge >= 0.3 is 0 Å². The van der Waals surface area contributed by atoms with Gasteiger partial charge in [0, 0.05) is 30.1 Å². The van der Waals surface area contributed by atoms with Crippen molar-refractivity contribution in [2.24, 2.45) is 5.41 Å². The Morgan fingerprint density at radius 3 is 2.62 bits per heavy atom. The maximum atomic E-state index is 13.6. The van der Waals surface area contributed by atoms with Gasteiger partial charge in [0.25, 0.3) is 0 Å². The number of nitrogens with zero attached hydrogens (tertiary/aromatic N) is 1. The summed E-state index contributed by atoms with van der Waals surface area (Å²) in [5, 5.41) is 9.18. The Morgan fingerprint density at radius 2 is 2.06 bits per heavy atom. The van der Waals surface area contributed by atoms with Crippen LogP contribution in [0.5, 0.6) is 0 Å². The molecule has 0 aliphatic heterocycles. The zero-order valence-electron chi connectivity index (χ0n) is 9.80. The summed E-state index contributed by atoms with van der Waals surface area (Å²) in [7, 11) is 1.82. The second-order valence-corrected chi connectivity index (χ2v) is 5.69. The van der Waals surface area contributed by atoms with Gasteiger partial charge < -0.3 is 10.0 Å². The second kappa shape index (κ2) is 5.15. The molecule has 0 saturated heterocycles. The van der Waals surface area contributed by atoms with Crippen LogP contribution in [0.15, 0.2) is 22.7 Å². The highest BCUT2D eigenvalue weighted by atomic mass is 79.9. The topological polar surface area (TPSA) is 23.5 Å². The van der Waals surface area contributed by atoms with Gasteiger partial charge in [0.2, 0.25) is 0 Å². The molecule has 0 aromatic heterocycles. The molecule has 16 heavy (non-hydrogen) atoms. The predicted octanol–water partition coefficient (Wildman–Crippen LogP) is 3.04. The summed E-state index contributed by atoms with van der Waals surface area (Å²) in [4.78, 5) is 1.82. The molecule has 0 unspecified atom stereocenters. The molecule has 0 aliphatic rings. The largest absolute Gasteiger partial charge is 0.396 e. The van der Waals surface area contributed by atoms with E-state index in [1.807, 2.05) is 25.8 Å². The van der Waals surface area contributed by atoms with Crippen LogP contribution in [0, 0.1) is 11.2 Å². The van der Waals surface area contributed by atoms with Crippen molar-refractivity contribution in [3.8, 4) is 0 Å². The summed E-state index contributed by atoms with van der Waals surface area (Å²) in [6.07, 6.45) is 0. The van der Waals surface area contributed by atoms with Gasteiger partial charge in [0.1, 0.15) is 5.82 Å². The average Bonchev–Trinajstić information content (AvgIpc) is 2.21. The molecule has 0 bridgehead atoms. The lowest BCUT2D eigenvalue weighted by Gasteiger charge is -2.30. The van der Waals surface area contributed by atoms with Crippen molar-refractivity contribution in [2.45, 2.75) is 13.8 Å². The third-order valence-corrected chi connectivity index (χ3v) is 2.91. The maximum Gasteiger partial charge on any atom is 0.146 e. The quantitative estimate of drug-likeness (QED) is 0.921. The lowest BCUT2D eigenvalue weighted by atomic mass is 9.94. The van der Waals surface area contributed by atoms with Gasteiger partial charge in [-0.1, -0.05) is 29.8 Å². The number of halogens is 2.